The monoisotopic (exact) mass is 342 g/mol. The Morgan fingerprint density at radius 1 is 1.32 bits per heavy atom. The number of amides is 1. The Bertz CT molecular complexity index is 925. The summed E-state index contributed by atoms with van der Waals surface area (Å²) in [6, 6.07) is 6.42. The highest BCUT2D eigenvalue weighted by Crippen LogP contribution is 2.17. The third kappa shape index (κ3) is 3.29. The second kappa shape index (κ2) is 6.70. The Morgan fingerprint density at radius 3 is 2.72 bits per heavy atom. The summed E-state index contributed by atoms with van der Waals surface area (Å²) in [4.78, 5) is 22.2. The van der Waals surface area contributed by atoms with E-state index in [9.17, 15) is 9.18 Å². The molecule has 3 aromatic rings. The lowest BCUT2D eigenvalue weighted by molar-refractivity contribution is 0.0765. The van der Waals surface area contributed by atoms with Gasteiger partial charge in [-0.15, -0.1) is 0 Å². The molecule has 6 heteroatoms. The lowest BCUT2D eigenvalue weighted by atomic mass is 10.2. The molecule has 2 heterocycles. The van der Waals surface area contributed by atoms with Crippen LogP contribution in [0.3, 0.4) is 0 Å². The molecule has 0 saturated carbocycles. The van der Waals surface area contributed by atoms with Gasteiger partial charge in [-0.1, -0.05) is 0 Å². The van der Waals surface area contributed by atoms with Crippen molar-refractivity contribution >= 4 is 16.9 Å². The molecule has 1 aromatic carbocycles. The molecule has 5 nitrogen and oxygen atoms in total. The van der Waals surface area contributed by atoms with E-state index in [1.54, 1.807) is 6.07 Å². The molecule has 0 atom stereocenters. The van der Waals surface area contributed by atoms with Crippen LogP contribution in [0.4, 0.5) is 4.39 Å². The number of aromatic amines is 1. The molecule has 0 aliphatic rings. The summed E-state index contributed by atoms with van der Waals surface area (Å²) < 4.78 is 15.3. The first-order valence-electron chi connectivity index (χ1n) is 8.47. The van der Waals surface area contributed by atoms with E-state index in [4.69, 9.17) is 0 Å². The minimum atomic E-state index is -0.289. The number of likely N-dealkylation sites (N-methyl/N-ethyl adjacent to an activating group) is 1. The Morgan fingerprint density at radius 2 is 2.08 bits per heavy atom. The molecule has 25 heavy (non-hydrogen) atoms. The summed E-state index contributed by atoms with van der Waals surface area (Å²) in [6.07, 6.45) is 0.598. The van der Waals surface area contributed by atoms with Gasteiger partial charge < -0.3 is 14.5 Å². The lowest BCUT2D eigenvalue weighted by Gasteiger charge is -2.20. The minimum Gasteiger partial charge on any atom is -0.351 e. The minimum absolute atomic E-state index is 0.0332. The van der Waals surface area contributed by atoms with Crippen LogP contribution in [-0.2, 0) is 13.5 Å². The van der Waals surface area contributed by atoms with Crippen LogP contribution in [-0.4, -0.2) is 38.4 Å². The van der Waals surface area contributed by atoms with Crippen LogP contribution in [0.2, 0.25) is 0 Å². The fraction of sp³-hybridized carbons (Fsp3) is 0.368. The van der Waals surface area contributed by atoms with Gasteiger partial charge in [-0.05, 0) is 45.0 Å². The van der Waals surface area contributed by atoms with Crippen molar-refractivity contribution in [1.82, 2.24) is 19.4 Å². The van der Waals surface area contributed by atoms with Crippen LogP contribution in [0.15, 0.2) is 24.3 Å². The smallest absolute Gasteiger partial charge is 0.255 e. The molecule has 2 aromatic heterocycles. The average molecular weight is 342 g/mol. The van der Waals surface area contributed by atoms with E-state index >= 15 is 0 Å². The third-order valence-corrected chi connectivity index (χ3v) is 4.79. The van der Waals surface area contributed by atoms with Crippen molar-refractivity contribution in [2.75, 3.05) is 13.1 Å². The molecule has 0 aliphatic carbocycles. The zero-order valence-corrected chi connectivity index (χ0v) is 15.1. The summed E-state index contributed by atoms with van der Waals surface area (Å²) in [5.74, 6) is 0.502. The second-order valence-electron chi connectivity index (χ2n) is 6.32. The number of carbonyl (C=O) groups excluding carboxylic acids is 1. The first-order chi connectivity index (χ1) is 11.9. The van der Waals surface area contributed by atoms with Gasteiger partial charge in [0, 0.05) is 37.9 Å². The first-order valence-corrected chi connectivity index (χ1v) is 8.47. The van der Waals surface area contributed by atoms with Gasteiger partial charge in [-0.3, -0.25) is 4.79 Å². The van der Waals surface area contributed by atoms with Crippen molar-refractivity contribution in [3.63, 3.8) is 0 Å². The number of halogens is 1. The summed E-state index contributed by atoms with van der Waals surface area (Å²) in [6.45, 7) is 7.11. The predicted octanol–water partition coefficient (Wildman–Crippen LogP) is 3.36. The Labute approximate surface area is 146 Å². The molecule has 0 bridgehead atoms. The van der Waals surface area contributed by atoms with Crippen molar-refractivity contribution in [2.24, 2.45) is 7.05 Å². The van der Waals surface area contributed by atoms with Gasteiger partial charge >= 0.3 is 0 Å². The molecule has 3 rings (SSSR count). The third-order valence-electron chi connectivity index (χ3n) is 4.79. The van der Waals surface area contributed by atoms with E-state index in [1.165, 1.54) is 12.1 Å². The van der Waals surface area contributed by atoms with Gasteiger partial charge in [0.05, 0.1) is 16.6 Å². The van der Waals surface area contributed by atoms with Crippen molar-refractivity contribution in [2.45, 2.75) is 27.2 Å². The quantitative estimate of drug-likeness (QED) is 0.773. The molecule has 1 N–H and O–H groups in total. The highest BCUT2D eigenvalue weighted by molar-refractivity contribution is 5.95. The normalized spacial score (nSPS) is 11.2. The van der Waals surface area contributed by atoms with E-state index < -0.39 is 0 Å². The number of nitrogens with one attached hydrogen (secondary N) is 1. The molecule has 0 aliphatic heterocycles. The highest BCUT2D eigenvalue weighted by Gasteiger charge is 2.19. The fourth-order valence-electron chi connectivity index (χ4n) is 3.04. The Balaban J connectivity index is 1.74. The number of carbonyl (C=O) groups is 1. The Hall–Kier alpha value is -2.63. The largest absolute Gasteiger partial charge is 0.351 e. The van der Waals surface area contributed by atoms with E-state index in [0.29, 0.717) is 25.0 Å². The molecular formula is C19H23FN4O. The summed E-state index contributed by atoms with van der Waals surface area (Å²) in [5, 5.41) is 0. The van der Waals surface area contributed by atoms with Crippen molar-refractivity contribution < 1.29 is 9.18 Å². The van der Waals surface area contributed by atoms with Crippen LogP contribution >= 0.6 is 0 Å². The van der Waals surface area contributed by atoms with Crippen LogP contribution in [0.25, 0.3) is 11.0 Å². The van der Waals surface area contributed by atoms with E-state index in [1.807, 2.05) is 43.4 Å². The van der Waals surface area contributed by atoms with Crippen LogP contribution < -0.4 is 0 Å². The van der Waals surface area contributed by atoms with E-state index in [-0.39, 0.29) is 11.7 Å². The van der Waals surface area contributed by atoms with Gasteiger partial charge in [0.1, 0.15) is 11.6 Å². The second-order valence-corrected chi connectivity index (χ2v) is 6.32. The van der Waals surface area contributed by atoms with E-state index in [0.717, 1.165) is 28.3 Å². The van der Waals surface area contributed by atoms with Gasteiger partial charge in [0.2, 0.25) is 0 Å². The van der Waals surface area contributed by atoms with Crippen LogP contribution in [0, 0.1) is 19.7 Å². The molecule has 0 unspecified atom stereocenters. The highest BCUT2D eigenvalue weighted by atomic mass is 19.1. The Kier molecular flexibility index (Phi) is 4.61. The number of aryl methyl sites for hydroxylation is 1. The number of H-pyrrole nitrogens is 1. The molecule has 0 saturated heterocycles. The maximum Gasteiger partial charge on any atom is 0.255 e. The topological polar surface area (TPSA) is 53.9 Å². The summed E-state index contributed by atoms with van der Waals surface area (Å²) in [5.41, 5.74) is 4.20. The number of hydrogen-bond acceptors (Lipinski definition) is 2. The number of rotatable bonds is 5. The van der Waals surface area contributed by atoms with Crippen molar-refractivity contribution in [3.05, 3.63) is 52.9 Å². The summed E-state index contributed by atoms with van der Waals surface area (Å²) in [7, 11) is 1.96. The standard InChI is InChI=1S/C19H23FN4O/c1-5-24(19(25)15-10-12(2)23(4)13(15)3)9-8-18-21-16-7-6-14(20)11-17(16)22-18/h6-7,10-11H,5,8-9H2,1-4H3,(H,21,22). The van der Waals surface area contributed by atoms with Crippen LogP contribution in [0.5, 0.6) is 0 Å². The molecule has 0 spiro atoms. The predicted molar refractivity (Wildman–Crippen MR) is 96.2 cm³/mol. The van der Waals surface area contributed by atoms with E-state index in [2.05, 4.69) is 9.97 Å². The number of aromatic nitrogens is 3. The number of nitrogens with zero attached hydrogens (tertiary/aromatic N) is 3. The number of benzene rings is 1. The van der Waals surface area contributed by atoms with Crippen molar-refractivity contribution in [1.29, 1.82) is 0 Å². The SMILES string of the molecule is CCN(CCc1nc2ccc(F)cc2[nH]1)C(=O)c1cc(C)n(C)c1C. The van der Waals surface area contributed by atoms with Gasteiger partial charge in [0.15, 0.2) is 0 Å². The van der Waals surface area contributed by atoms with Gasteiger partial charge in [-0.2, -0.15) is 0 Å². The zero-order chi connectivity index (χ0) is 18.1. The van der Waals surface area contributed by atoms with Crippen molar-refractivity contribution in [3.8, 4) is 0 Å². The molecule has 132 valence electrons. The maximum atomic E-state index is 13.3. The first kappa shape index (κ1) is 17.2. The molecule has 1 amide bonds. The zero-order valence-electron chi connectivity index (χ0n) is 15.1. The molecule has 0 radical (unpaired) electrons. The van der Waals surface area contributed by atoms with Gasteiger partial charge in [0.25, 0.3) is 5.91 Å². The van der Waals surface area contributed by atoms with Crippen LogP contribution in [0.1, 0.15) is 34.5 Å². The lowest BCUT2D eigenvalue weighted by Crippen LogP contribution is -2.33. The fourth-order valence-corrected chi connectivity index (χ4v) is 3.04. The number of fused-ring (bicyclic) bond motifs is 1. The van der Waals surface area contributed by atoms with Gasteiger partial charge in [-0.25, -0.2) is 9.37 Å². The number of hydrogen-bond donors (Lipinski definition) is 1. The maximum absolute atomic E-state index is 13.3. The molecule has 0 fully saturated rings. The average Bonchev–Trinajstić information content (AvgIpc) is 3.10. The summed E-state index contributed by atoms with van der Waals surface area (Å²) >= 11 is 0. The molecular weight excluding hydrogens is 319 g/mol. The number of imidazole rings is 1.